The highest BCUT2D eigenvalue weighted by molar-refractivity contribution is 5.89. The van der Waals surface area contributed by atoms with Crippen LogP contribution in [-0.4, -0.2) is 19.1 Å². The van der Waals surface area contributed by atoms with Crippen molar-refractivity contribution in [2.24, 2.45) is 5.84 Å². The molecule has 0 saturated heterocycles. The first-order valence-electron chi connectivity index (χ1n) is 4.19. The van der Waals surface area contributed by atoms with Gasteiger partial charge < -0.3 is 15.7 Å². The van der Waals surface area contributed by atoms with Crippen molar-refractivity contribution in [3.8, 4) is 0 Å². The van der Waals surface area contributed by atoms with Crippen LogP contribution in [0.4, 0.5) is 0 Å². The van der Waals surface area contributed by atoms with E-state index in [9.17, 15) is 4.79 Å². The summed E-state index contributed by atoms with van der Waals surface area (Å²) in [4.78, 5) is 11.3. The molecule has 0 atom stereocenters. The summed E-state index contributed by atoms with van der Waals surface area (Å²) < 4.78 is 4.90. The number of hydrazine groups is 1. The molecule has 0 saturated carbocycles. The molecular weight excluding hydrogens is 182 g/mol. The zero-order valence-electron chi connectivity index (χ0n) is 7.64. The number of rotatable bonds is 5. The van der Waals surface area contributed by atoms with Crippen LogP contribution in [-0.2, 0) is 4.74 Å². The van der Waals surface area contributed by atoms with Crippen molar-refractivity contribution in [3.63, 3.8) is 0 Å². The molecule has 0 heterocycles. The second-order valence-electron chi connectivity index (χ2n) is 2.51. The van der Waals surface area contributed by atoms with Gasteiger partial charge in [0.25, 0.3) is 0 Å². The predicted molar refractivity (Wildman–Crippen MR) is 52.3 cm³/mol. The van der Waals surface area contributed by atoms with Crippen molar-refractivity contribution in [2.45, 2.75) is 0 Å². The van der Waals surface area contributed by atoms with Crippen molar-refractivity contribution in [1.82, 2.24) is 5.53 Å². The van der Waals surface area contributed by atoms with E-state index in [0.717, 1.165) is 0 Å². The average Bonchev–Trinajstić information content (AvgIpc) is 2.25. The van der Waals surface area contributed by atoms with E-state index in [0.29, 0.717) is 12.1 Å². The number of ether oxygens (including phenoxy) is 1. The Kier molecular flexibility index (Phi) is 4.63. The van der Waals surface area contributed by atoms with Gasteiger partial charge in [0.15, 0.2) is 0 Å². The number of nitrogens with one attached hydrogen (secondary N) is 1. The van der Waals surface area contributed by atoms with E-state index in [-0.39, 0.29) is 12.6 Å². The molecule has 1 rings (SSSR count). The summed E-state index contributed by atoms with van der Waals surface area (Å²) in [6.07, 6.45) is 0. The fraction of sp³-hybridized carbons (Fsp3) is 0.222. The first kappa shape index (κ1) is 10.6. The van der Waals surface area contributed by atoms with Gasteiger partial charge >= 0.3 is 5.97 Å². The minimum Gasteiger partial charge on any atom is -0.580 e. The van der Waals surface area contributed by atoms with E-state index in [1.54, 1.807) is 24.3 Å². The molecule has 0 bridgehead atoms. The molecule has 0 radical (unpaired) electrons. The third kappa shape index (κ3) is 3.53. The van der Waals surface area contributed by atoms with E-state index in [1.807, 2.05) is 6.07 Å². The largest absolute Gasteiger partial charge is 0.580 e. The fourth-order valence-electron chi connectivity index (χ4n) is 0.906. The lowest BCUT2D eigenvalue weighted by atomic mass is 10.2. The number of nitrogens with zero attached hydrogens (tertiary/aromatic N) is 1. The minimum absolute atomic E-state index is 0.220. The lowest BCUT2D eigenvalue weighted by Crippen LogP contribution is -2.19. The monoisotopic (exact) mass is 194 g/mol. The lowest BCUT2D eigenvalue weighted by Gasteiger charge is -2.16. The molecule has 3 N–H and O–H groups in total. The molecule has 76 valence electrons. The summed E-state index contributed by atoms with van der Waals surface area (Å²) in [6, 6.07) is 8.79. The van der Waals surface area contributed by atoms with Crippen molar-refractivity contribution in [1.29, 1.82) is 0 Å². The maximum Gasteiger partial charge on any atom is 0.338 e. The second-order valence-corrected chi connectivity index (χ2v) is 2.51. The van der Waals surface area contributed by atoms with Crippen LogP contribution in [0, 0.1) is 0 Å². The Hall–Kier alpha value is -1.43. The predicted octanol–water partition coefficient (Wildman–Crippen LogP) is 0.595. The average molecular weight is 194 g/mol. The molecule has 5 nitrogen and oxygen atoms in total. The number of esters is 1. The molecule has 0 amide bonds. The maximum atomic E-state index is 11.3. The van der Waals surface area contributed by atoms with Crippen LogP contribution in [0.25, 0.3) is 5.43 Å². The van der Waals surface area contributed by atoms with Gasteiger partial charge in [0, 0.05) is 0 Å². The Morgan fingerprint density at radius 3 is 2.79 bits per heavy atom. The standard InChI is InChI=1S/C9H12N3O2/c10-12-11-6-7-14-9(13)8-4-2-1-3-5-8/h1-5,12H,6-7,10H2/q-1. The van der Waals surface area contributed by atoms with Crippen LogP contribution in [0.5, 0.6) is 0 Å². The molecule has 0 aliphatic rings. The quantitative estimate of drug-likeness (QED) is 0.311. The van der Waals surface area contributed by atoms with Gasteiger partial charge in [0.05, 0.1) is 12.2 Å². The van der Waals surface area contributed by atoms with Crippen LogP contribution in [0.3, 0.4) is 0 Å². The van der Waals surface area contributed by atoms with Crippen molar-refractivity contribution >= 4 is 5.97 Å². The van der Waals surface area contributed by atoms with Crippen LogP contribution < -0.4 is 11.4 Å². The Morgan fingerprint density at radius 2 is 2.14 bits per heavy atom. The third-order valence-corrected chi connectivity index (χ3v) is 1.54. The number of benzene rings is 1. The van der Waals surface area contributed by atoms with Crippen LogP contribution >= 0.6 is 0 Å². The number of nitrogens with two attached hydrogens (primary N) is 1. The van der Waals surface area contributed by atoms with Crippen molar-refractivity contribution in [2.75, 3.05) is 13.2 Å². The molecule has 0 fully saturated rings. The molecule has 0 aromatic heterocycles. The number of hydrogen-bond donors (Lipinski definition) is 2. The normalized spacial score (nSPS) is 9.79. The SMILES string of the molecule is NN[N-]CCOC(=O)c1ccccc1. The second kappa shape index (κ2) is 6.09. The van der Waals surface area contributed by atoms with Crippen LogP contribution in [0.1, 0.15) is 10.4 Å². The molecule has 0 aliphatic heterocycles. The highest BCUT2D eigenvalue weighted by atomic mass is 16.5. The Bertz CT molecular complexity index is 277. The minimum atomic E-state index is -0.349. The van der Waals surface area contributed by atoms with E-state index >= 15 is 0 Å². The van der Waals surface area contributed by atoms with Gasteiger partial charge in [-0.15, -0.1) is 6.54 Å². The van der Waals surface area contributed by atoms with Gasteiger partial charge in [-0.05, 0) is 12.1 Å². The fourth-order valence-corrected chi connectivity index (χ4v) is 0.906. The summed E-state index contributed by atoms with van der Waals surface area (Å²) in [7, 11) is 0. The Balaban J connectivity index is 2.29. The highest BCUT2D eigenvalue weighted by Crippen LogP contribution is 2.00. The van der Waals surface area contributed by atoms with E-state index < -0.39 is 0 Å². The van der Waals surface area contributed by atoms with Gasteiger partial charge in [0.1, 0.15) is 0 Å². The van der Waals surface area contributed by atoms with Crippen molar-refractivity contribution < 1.29 is 9.53 Å². The van der Waals surface area contributed by atoms with Gasteiger partial charge in [-0.2, -0.15) is 0 Å². The highest BCUT2D eigenvalue weighted by Gasteiger charge is 2.03. The molecule has 14 heavy (non-hydrogen) atoms. The molecular formula is C9H12N3O2-. The zero-order valence-corrected chi connectivity index (χ0v) is 7.64. The summed E-state index contributed by atoms with van der Waals surface area (Å²) in [6.45, 7) is 0.563. The third-order valence-electron chi connectivity index (χ3n) is 1.54. The summed E-state index contributed by atoms with van der Waals surface area (Å²) in [5, 5.41) is 0. The molecule has 0 spiro atoms. The number of carbonyl (C=O) groups is 1. The summed E-state index contributed by atoms with van der Waals surface area (Å²) in [5.74, 6) is 4.55. The van der Waals surface area contributed by atoms with E-state index in [1.165, 1.54) is 0 Å². The summed E-state index contributed by atoms with van der Waals surface area (Å²) >= 11 is 0. The topological polar surface area (TPSA) is 78.4 Å². The molecule has 0 unspecified atom stereocenters. The molecule has 5 heteroatoms. The molecule has 1 aromatic rings. The zero-order chi connectivity index (χ0) is 10.2. The molecule has 1 aromatic carbocycles. The first-order valence-corrected chi connectivity index (χ1v) is 4.19. The Labute approximate surface area is 82.2 Å². The van der Waals surface area contributed by atoms with Crippen LogP contribution in [0.2, 0.25) is 0 Å². The van der Waals surface area contributed by atoms with Gasteiger partial charge in [-0.3, -0.25) is 5.84 Å². The van der Waals surface area contributed by atoms with Gasteiger partial charge in [-0.1, -0.05) is 18.2 Å². The van der Waals surface area contributed by atoms with Gasteiger partial charge in [-0.25, -0.2) is 4.79 Å². The summed E-state index contributed by atoms with van der Waals surface area (Å²) in [5.41, 5.74) is 6.24. The maximum absolute atomic E-state index is 11.3. The smallest absolute Gasteiger partial charge is 0.338 e. The van der Waals surface area contributed by atoms with Gasteiger partial charge in [0.2, 0.25) is 0 Å². The van der Waals surface area contributed by atoms with E-state index in [4.69, 9.17) is 10.6 Å². The number of carbonyl (C=O) groups excluding carboxylic acids is 1. The lowest BCUT2D eigenvalue weighted by molar-refractivity contribution is 0.0521. The van der Waals surface area contributed by atoms with E-state index in [2.05, 4.69) is 11.0 Å². The van der Waals surface area contributed by atoms with Crippen molar-refractivity contribution in [3.05, 3.63) is 41.3 Å². The molecule has 0 aliphatic carbocycles. The van der Waals surface area contributed by atoms with Crippen LogP contribution in [0.15, 0.2) is 30.3 Å². The Morgan fingerprint density at radius 1 is 1.43 bits per heavy atom. The number of hydrogen-bond acceptors (Lipinski definition) is 4. The first-order chi connectivity index (χ1) is 6.84.